The van der Waals surface area contributed by atoms with Crippen molar-refractivity contribution >= 4 is 56.1 Å². The van der Waals surface area contributed by atoms with Crippen molar-refractivity contribution in [3.8, 4) is 22.6 Å². The Bertz CT molecular complexity index is 2340. The van der Waals surface area contributed by atoms with E-state index in [1.165, 1.54) is 5.56 Å². The Labute approximate surface area is 267 Å². The van der Waals surface area contributed by atoms with Crippen molar-refractivity contribution in [2.45, 2.75) is 0 Å². The monoisotopic (exact) mass is 592 g/mol. The average molecular weight is 593 g/mol. The number of ether oxygens (including phenoxy) is 1. The molecule has 0 bridgehead atoms. The maximum absolute atomic E-state index is 6.61. The predicted molar refractivity (Wildman–Crippen MR) is 189 cm³/mol. The van der Waals surface area contributed by atoms with Crippen molar-refractivity contribution in [2.24, 2.45) is 0 Å². The molecule has 1 aliphatic heterocycles. The minimum Gasteiger partial charge on any atom is -0.454 e. The van der Waals surface area contributed by atoms with Gasteiger partial charge in [-0.2, -0.15) is 0 Å². The summed E-state index contributed by atoms with van der Waals surface area (Å²) in [7, 11) is 0. The van der Waals surface area contributed by atoms with Crippen molar-refractivity contribution in [3.05, 3.63) is 170 Å². The summed E-state index contributed by atoms with van der Waals surface area (Å²) < 4.78 is 13.2. The molecule has 0 aliphatic carbocycles. The zero-order chi connectivity index (χ0) is 30.5. The van der Waals surface area contributed by atoms with Gasteiger partial charge in [-0.15, -0.1) is 0 Å². The van der Waals surface area contributed by atoms with Crippen molar-refractivity contribution in [3.63, 3.8) is 0 Å². The standard InChI is InChI=1S/C42H28N2O2/c1-3-12-29(13-4-1)30-22-24-32(25-23-30)43(38-19-11-17-35-34-16-7-9-20-39(34)46-42(35)38)33-26-27-37-41(28-33)45-40-21-10-8-18-36(40)44(37)31-14-5-2-6-15-31/h1-28H. The van der Waals surface area contributed by atoms with Crippen LogP contribution in [0, 0.1) is 0 Å². The van der Waals surface area contributed by atoms with Gasteiger partial charge in [0.2, 0.25) is 0 Å². The molecule has 0 saturated heterocycles. The molecule has 9 rings (SSSR count). The quantitative estimate of drug-likeness (QED) is 0.199. The zero-order valence-electron chi connectivity index (χ0n) is 24.9. The highest BCUT2D eigenvalue weighted by molar-refractivity contribution is 6.10. The molecule has 8 aromatic rings. The molecule has 0 saturated carbocycles. The molecule has 4 heteroatoms. The first-order valence-corrected chi connectivity index (χ1v) is 15.4. The second-order valence-electron chi connectivity index (χ2n) is 11.4. The Balaban J connectivity index is 1.23. The van der Waals surface area contributed by atoms with Crippen LogP contribution in [0.25, 0.3) is 33.1 Å². The maximum Gasteiger partial charge on any atom is 0.159 e. The van der Waals surface area contributed by atoms with Crippen LogP contribution in [0.5, 0.6) is 11.5 Å². The van der Waals surface area contributed by atoms with E-state index in [9.17, 15) is 0 Å². The molecule has 0 atom stereocenters. The van der Waals surface area contributed by atoms with Gasteiger partial charge in [-0.1, -0.05) is 103 Å². The number of para-hydroxylation sites is 5. The van der Waals surface area contributed by atoms with E-state index >= 15 is 0 Å². The molecule has 0 N–H and O–H groups in total. The fourth-order valence-corrected chi connectivity index (χ4v) is 6.51. The second kappa shape index (κ2) is 10.7. The summed E-state index contributed by atoms with van der Waals surface area (Å²) >= 11 is 0. The van der Waals surface area contributed by atoms with Crippen LogP contribution in [0.3, 0.4) is 0 Å². The van der Waals surface area contributed by atoms with Gasteiger partial charge in [0.1, 0.15) is 5.58 Å². The molecule has 0 spiro atoms. The van der Waals surface area contributed by atoms with Gasteiger partial charge in [0.15, 0.2) is 17.1 Å². The fraction of sp³-hybridized carbons (Fsp3) is 0. The molecule has 0 unspecified atom stereocenters. The van der Waals surface area contributed by atoms with Crippen LogP contribution >= 0.6 is 0 Å². The fourth-order valence-electron chi connectivity index (χ4n) is 6.51. The van der Waals surface area contributed by atoms with Crippen LogP contribution in [0.1, 0.15) is 0 Å². The number of anilines is 6. The molecule has 1 aliphatic rings. The lowest BCUT2D eigenvalue weighted by Gasteiger charge is -2.34. The third-order valence-corrected chi connectivity index (χ3v) is 8.64. The predicted octanol–water partition coefficient (Wildman–Crippen LogP) is 12.3. The van der Waals surface area contributed by atoms with Crippen LogP contribution in [0.15, 0.2) is 174 Å². The first-order valence-electron chi connectivity index (χ1n) is 15.4. The molecule has 0 fully saturated rings. The van der Waals surface area contributed by atoms with Gasteiger partial charge in [0.25, 0.3) is 0 Å². The molecule has 0 radical (unpaired) electrons. The minimum absolute atomic E-state index is 0.780. The van der Waals surface area contributed by atoms with Crippen LogP contribution in [-0.4, -0.2) is 0 Å². The highest BCUT2D eigenvalue weighted by atomic mass is 16.5. The van der Waals surface area contributed by atoms with Gasteiger partial charge in [0.05, 0.1) is 22.7 Å². The Hall–Kier alpha value is -6.26. The molecule has 0 amide bonds. The van der Waals surface area contributed by atoms with E-state index in [2.05, 4.69) is 137 Å². The summed E-state index contributed by atoms with van der Waals surface area (Å²) in [5.41, 5.74) is 10.1. The van der Waals surface area contributed by atoms with E-state index in [0.29, 0.717) is 0 Å². The molecular formula is C42H28N2O2. The van der Waals surface area contributed by atoms with E-state index in [4.69, 9.17) is 9.15 Å². The second-order valence-corrected chi connectivity index (χ2v) is 11.4. The number of hydrogen-bond donors (Lipinski definition) is 0. The maximum atomic E-state index is 6.61. The Morgan fingerprint density at radius 3 is 1.96 bits per heavy atom. The van der Waals surface area contributed by atoms with E-state index < -0.39 is 0 Å². The van der Waals surface area contributed by atoms with E-state index in [0.717, 1.165) is 73.1 Å². The number of benzene rings is 7. The van der Waals surface area contributed by atoms with E-state index in [1.807, 2.05) is 42.5 Å². The smallest absolute Gasteiger partial charge is 0.159 e. The summed E-state index contributed by atoms with van der Waals surface area (Å²) in [6, 6.07) is 58.8. The normalized spacial score (nSPS) is 12.0. The van der Waals surface area contributed by atoms with Gasteiger partial charge in [-0.25, -0.2) is 0 Å². The Morgan fingerprint density at radius 1 is 0.457 bits per heavy atom. The van der Waals surface area contributed by atoms with Crippen molar-refractivity contribution in [2.75, 3.05) is 9.80 Å². The van der Waals surface area contributed by atoms with E-state index in [-0.39, 0.29) is 0 Å². The summed E-state index contributed by atoms with van der Waals surface area (Å²) in [6.45, 7) is 0. The number of furan rings is 1. The van der Waals surface area contributed by atoms with Crippen LogP contribution in [0.4, 0.5) is 34.1 Å². The van der Waals surface area contributed by atoms with Gasteiger partial charge >= 0.3 is 0 Å². The molecule has 1 aromatic heterocycles. The third-order valence-electron chi connectivity index (χ3n) is 8.64. The summed E-state index contributed by atoms with van der Waals surface area (Å²) in [4.78, 5) is 4.52. The van der Waals surface area contributed by atoms with Crippen LogP contribution < -0.4 is 14.5 Å². The molecule has 218 valence electrons. The summed E-state index contributed by atoms with van der Waals surface area (Å²) in [5, 5.41) is 2.18. The van der Waals surface area contributed by atoms with Gasteiger partial charge in [-0.05, 0) is 71.8 Å². The molecule has 4 nitrogen and oxygen atoms in total. The van der Waals surface area contributed by atoms with Crippen molar-refractivity contribution in [1.82, 2.24) is 0 Å². The number of hydrogen-bond acceptors (Lipinski definition) is 4. The van der Waals surface area contributed by atoms with Crippen LogP contribution in [0.2, 0.25) is 0 Å². The van der Waals surface area contributed by atoms with Crippen molar-refractivity contribution in [1.29, 1.82) is 0 Å². The van der Waals surface area contributed by atoms with Gasteiger partial charge < -0.3 is 19.0 Å². The van der Waals surface area contributed by atoms with Crippen molar-refractivity contribution < 1.29 is 9.15 Å². The van der Waals surface area contributed by atoms with E-state index in [1.54, 1.807) is 0 Å². The average Bonchev–Trinajstić information content (AvgIpc) is 3.51. The van der Waals surface area contributed by atoms with Crippen LogP contribution in [-0.2, 0) is 0 Å². The first kappa shape index (κ1) is 26.2. The lowest BCUT2D eigenvalue weighted by atomic mass is 10.0. The number of rotatable bonds is 5. The SMILES string of the molecule is c1ccc(-c2ccc(N(c3ccc4c(c3)Oc3ccccc3N4c3ccccc3)c3cccc4c3oc3ccccc34)cc2)cc1. The van der Waals surface area contributed by atoms with Gasteiger partial charge in [-0.3, -0.25) is 0 Å². The molecule has 46 heavy (non-hydrogen) atoms. The third kappa shape index (κ3) is 4.31. The zero-order valence-corrected chi connectivity index (χ0v) is 24.9. The number of nitrogens with zero attached hydrogens (tertiary/aromatic N) is 2. The van der Waals surface area contributed by atoms with Gasteiger partial charge in [0, 0.05) is 28.2 Å². The molecule has 7 aromatic carbocycles. The summed E-state index contributed by atoms with van der Waals surface area (Å²) in [6.07, 6.45) is 0. The Kier molecular flexibility index (Phi) is 6.10. The highest BCUT2D eigenvalue weighted by Gasteiger charge is 2.27. The lowest BCUT2D eigenvalue weighted by Crippen LogP contribution is -2.16. The largest absolute Gasteiger partial charge is 0.454 e. The summed E-state index contributed by atoms with van der Waals surface area (Å²) in [5.74, 6) is 1.59. The topological polar surface area (TPSA) is 28.9 Å². The first-order chi connectivity index (χ1) is 22.8. The highest BCUT2D eigenvalue weighted by Crippen LogP contribution is 2.52. The molecular weight excluding hydrogens is 564 g/mol. The molecule has 2 heterocycles. The Morgan fingerprint density at radius 2 is 1.11 bits per heavy atom. The minimum atomic E-state index is 0.780. The lowest BCUT2D eigenvalue weighted by molar-refractivity contribution is 0.477. The number of fused-ring (bicyclic) bond motifs is 5.